The lowest BCUT2D eigenvalue weighted by atomic mass is 10.2. The minimum Gasteiger partial charge on any atom is -0.455 e. The van der Waals surface area contributed by atoms with Crippen molar-refractivity contribution in [2.75, 3.05) is 5.73 Å². The third-order valence-corrected chi connectivity index (χ3v) is 2.26. The van der Waals surface area contributed by atoms with E-state index in [0.29, 0.717) is 11.5 Å². The molecule has 0 aliphatic carbocycles. The zero-order valence-corrected chi connectivity index (χ0v) is 9.64. The van der Waals surface area contributed by atoms with Crippen LogP contribution in [0.1, 0.15) is 21.8 Å². The van der Waals surface area contributed by atoms with E-state index >= 15 is 0 Å². The number of aromatic nitrogens is 1. The van der Waals surface area contributed by atoms with Crippen molar-refractivity contribution in [2.24, 2.45) is 0 Å². The number of esters is 1. The molecule has 0 spiro atoms. The minimum atomic E-state index is -0.631. The normalized spacial score (nSPS) is 10.3. The van der Waals surface area contributed by atoms with Crippen LogP contribution in [0.3, 0.4) is 0 Å². The Morgan fingerprint density at radius 2 is 2.28 bits per heavy atom. The lowest BCUT2D eigenvalue weighted by Crippen LogP contribution is -2.08. The number of hydrogen-bond acceptors (Lipinski definition) is 5. The van der Waals surface area contributed by atoms with Crippen molar-refractivity contribution in [1.82, 2.24) is 5.16 Å². The van der Waals surface area contributed by atoms with E-state index in [1.54, 1.807) is 13.0 Å². The molecule has 5 nitrogen and oxygen atoms in total. The van der Waals surface area contributed by atoms with E-state index in [9.17, 15) is 9.18 Å². The molecule has 18 heavy (non-hydrogen) atoms. The highest BCUT2D eigenvalue weighted by molar-refractivity contribution is 5.94. The van der Waals surface area contributed by atoms with Gasteiger partial charge in [-0.05, 0) is 25.1 Å². The summed E-state index contributed by atoms with van der Waals surface area (Å²) in [7, 11) is 0. The molecule has 0 fully saturated rings. The number of rotatable bonds is 3. The van der Waals surface area contributed by atoms with Gasteiger partial charge in [0.15, 0.2) is 0 Å². The first kappa shape index (κ1) is 12.1. The highest BCUT2D eigenvalue weighted by Crippen LogP contribution is 2.15. The summed E-state index contributed by atoms with van der Waals surface area (Å²) in [6.45, 7) is 1.71. The van der Waals surface area contributed by atoms with Crippen LogP contribution in [0.2, 0.25) is 0 Å². The Morgan fingerprint density at radius 1 is 1.50 bits per heavy atom. The number of nitrogens with two attached hydrogens (primary N) is 1. The molecule has 0 bridgehead atoms. The Morgan fingerprint density at radius 3 is 2.89 bits per heavy atom. The Balaban J connectivity index is 2.03. The van der Waals surface area contributed by atoms with E-state index in [2.05, 4.69) is 5.16 Å². The van der Waals surface area contributed by atoms with Gasteiger partial charge in [0.2, 0.25) is 0 Å². The number of ether oxygens (including phenoxy) is 1. The van der Waals surface area contributed by atoms with E-state index < -0.39 is 11.8 Å². The number of benzene rings is 1. The first-order valence-corrected chi connectivity index (χ1v) is 5.20. The van der Waals surface area contributed by atoms with E-state index in [1.807, 2.05) is 0 Å². The smallest absolute Gasteiger partial charge is 0.340 e. The zero-order valence-electron chi connectivity index (χ0n) is 9.64. The quantitative estimate of drug-likeness (QED) is 0.666. The number of halogens is 1. The fourth-order valence-corrected chi connectivity index (χ4v) is 1.42. The SMILES string of the molecule is Cc1cc(COC(=O)c2ccc(F)cc2N)no1. The first-order chi connectivity index (χ1) is 8.56. The van der Waals surface area contributed by atoms with Crippen LogP contribution in [0, 0.1) is 12.7 Å². The second kappa shape index (κ2) is 4.87. The molecule has 1 aromatic heterocycles. The number of nitrogens with zero attached hydrogens (tertiary/aromatic N) is 1. The molecular formula is C12H11FN2O3. The maximum absolute atomic E-state index is 12.8. The van der Waals surface area contributed by atoms with Crippen molar-refractivity contribution >= 4 is 11.7 Å². The van der Waals surface area contributed by atoms with Crippen molar-refractivity contribution in [2.45, 2.75) is 13.5 Å². The average molecular weight is 250 g/mol. The highest BCUT2D eigenvalue weighted by Gasteiger charge is 2.13. The molecule has 0 unspecified atom stereocenters. The van der Waals surface area contributed by atoms with Crippen LogP contribution in [0.4, 0.5) is 10.1 Å². The number of hydrogen-bond donors (Lipinski definition) is 1. The molecule has 0 amide bonds. The number of anilines is 1. The number of carbonyl (C=O) groups excluding carboxylic acids is 1. The van der Waals surface area contributed by atoms with E-state index in [-0.39, 0.29) is 17.9 Å². The van der Waals surface area contributed by atoms with Gasteiger partial charge in [-0.3, -0.25) is 0 Å². The molecule has 94 valence electrons. The van der Waals surface area contributed by atoms with Gasteiger partial charge in [0, 0.05) is 11.8 Å². The molecule has 1 heterocycles. The average Bonchev–Trinajstić information content (AvgIpc) is 2.72. The first-order valence-electron chi connectivity index (χ1n) is 5.20. The third kappa shape index (κ3) is 2.65. The Hall–Kier alpha value is -2.37. The van der Waals surface area contributed by atoms with Gasteiger partial charge in [-0.15, -0.1) is 0 Å². The lowest BCUT2D eigenvalue weighted by molar-refractivity contribution is 0.0465. The maximum Gasteiger partial charge on any atom is 0.340 e. The number of carbonyl (C=O) groups is 1. The van der Waals surface area contributed by atoms with Crippen LogP contribution in [0.15, 0.2) is 28.8 Å². The van der Waals surface area contributed by atoms with Gasteiger partial charge < -0.3 is 15.0 Å². The maximum atomic E-state index is 12.8. The van der Waals surface area contributed by atoms with Crippen LogP contribution in [0.25, 0.3) is 0 Å². The Bertz CT molecular complexity index is 580. The topological polar surface area (TPSA) is 78.4 Å². The molecule has 2 rings (SSSR count). The monoisotopic (exact) mass is 250 g/mol. The van der Waals surface area contributed by atoms with Gasteiger partial charge >= 0.3 is 5.97 Å². The van der Waals surface area contributed by atoms with Gasteiger partial charge in [-0.1, -0.05) is 5.16 Å². The number of nitrogen functional groups attached to an aromatic ring is 1. The molecule has 2 N–H and O–H groups in total. The molecule has 1 aromatic carbocycles. The van der Waals surface area contributed by atoms with E-state index in [1.165, 1.54) is 6.07 Å². The second-order valence-corrected chi connectivity index (χ2v) is 3.74. The van der Waals surface area contributed by atoms with Crippen LogP contribution in [0.5, 0.6) is 0 Å². The van der Waals surface area contributed by atoms with Crippen molar-refractivity contribution < 1.29 is 18.4 Å². The van der Waals surface area contributed by atoms with Gasteiger partial charge in [-0.25, -0.2) is 9.18 Å². The minimum absolute atomic E-state index is 0.0208. The van der Waals surface area contributed by atoms with Gasteiger partial charge in [0.1, 0.15) is 23.9 Å². The van der Waals surface area contributed by atoms with Gasteiger partial charge in [-0.2, -0.15) is 0 Å². The summed E-state index contributed by atoms with van der Waals surface area (Å²) < 4.78 is 22.6. The molecule has 2 aromatic rings. The van der Waals surface area contributed by atoms with Crippen molar-refractivity contribution in [1.29, 1.82) is 0 Å². The fourth-order valence-electron chi connectivity index (χ4n) is 1.42. The van der Waals surface area contributed by atoms with E-state index in [4.69, 9.17) is 15.0 Å². The van der Waals surface area contributed by atoms with Crippen molar-refractivity contribution in [3.05, 3.63) is 47.1 Å². The summed E-state index contributed by atoms with van der Waals surface area (Å²) in [6.07, 6.45) is 0. The molecule has 0 saturated heterocycles. The summed E-state index contributed by atoms with van der Waals surface area (Å²) in [5, 5.41) is 3.67. The van der Waals surface area contributed by atoms with Crippen LogP contribution >= 0.6 is 0 Å². The van der Waals surface area contributed by atoms with Crippen LogP contribution in [-0.2, 0) is 11.3 Å². The molecular weight excluding hydrogens is 239 g/mol. The summed E-state index contributed by atoms with van der Waals surface area (Å²) in [5.41, 5.74) is 6.18. The van der Waals surface area contributed by atoms with Gasteiger partial charge in [0.05, 0.1) is 5.56 Å². The van der Waals surface area contributed by atoms with Crippen LogP contribution < -0.4 is 5.73 Å². The van der Waals surface area contributed by atoms with E-state index in [0.717, 1.165) is 12.1 Å². The van der Waals surface area contributed by atoms with Crippen LogP contribution in [-0.4, -0.2) is 11.1 Å². The predicted molar refractivity (Wildman–Crippen MR) is 61.2 cm³/mol. The second-order valence-electron chi connectivity index (χ2n) is 3.74. The fraction of sp³-hybridized carbons (Fsp3) is 0.167. The molecule has 0 aliphatic rings. The number of aryl methyl sites for hydroxylation is 1. The molecule has 0 atom stereocenters. The zero-order chi connectivity index (χ0) is 13.1. The molecule has 0 aliphatic heterocycles. The van der Waals surface area contributed by atoms with Crippen molar-refractivity contribution in [3.8, 4) is 0 Å². The summed E-state index contributed by atoms with van der Waals surface area (Å²) in [4.78, 5) is 11.7. The summed E-state index contributed by atoms with van der Waals surface area (Å²) in [6, 6.07) is 5.15. The molecule has 0 radical (unpaired) electrons. The molecule has 0 saturated carbocycles. The highest BCUT2D eigenvalue weighted by atomic mass is 19.1. The summed E-state index contributed by atoms with van der Waals surface area (Å²) >= 11 is 0. The third-order valence-electron chi connectivity index (χ3n) is 2.26. The standard InChI is InChI=1S/C12H11FN2O3/c1-7-4-9(15-18-7)6-17-12(16)10-3-2-8(13)5-11(10)14/h2-5H,6,14H2,1H3. The Labute approximate surface area is 102 Å². The predicted octanol–water partition coefficient (Wildman–Crippen LogP) is 2.06. The molecule has 6 heteroatoms. The van der Waals surface area contributed by atoms with Crippen molar-refractivity contribution in [3.63, 3.8) is 0 Å². The lowest BCUT2D eigenvalue weighted by Gasteiger charge is -2.05. The largest absolute Gasteiger partial charge is 0.455 e. The van der Waals surface area contributed by atoms with Gasteiger partial charge in [0.25, 0.3) is 0 Å². The summed E-state index contributed by atoms with van der Waals surface area (Å²) in [5.74, 6) is -0.508. The Kier molecular flexibility index (Phi) is 3.27.